The van der Waals surface area contributed by atoms with Gasteiger partial charge in [0.15, 0.2) is 0 Å². The van der Waals surface area contributed by atoms with E-state index in [0.717, 1.165) is 22.0 Å². The van der Waals surface area contributed by atoms with Crippen LogP contribution in [0.4, 0.5) is 5.69 Å². The van der Waals surface area contributed by atoms with Crippen LogP contribution >= 0.6 is 0 Å². The normalized spacial score (nSPS) is 10.6. The van der Waals surface area contributed by atoms with Gasteiger partial charge < -0.3 is 10.6 Å². The summed E-state index contributed by atoms with van der Waals surface area (Å²) < 4.78 is 0. The van der Waals surface area contributed by atoms with E-state index in [0.29, 0.717) is 16.9 Å². The lowest BCUT2D eigenvalue weighted by Crippen LogP contribution is -2.17. The molecule has 0 bridgehead atoms. The fourth-order valence-corrected chi connectivity index (χ4v) is 2.99. The number of nitrogens with one attached hydrogen (secondary N) is 3. The SMILES string of the molecule is CNC(=O)c1cccc(-c2cc(NC(=O)c3ccccn3)c3cn[nH]c3c2)c1. The van der Waals surface area contributed by atoms with Crippen LogP contribution in [-0.2, 0) is 0 Å². The predicted octanol–water partition coefficient (Wildman–Crippen LogP) is 3.24. The topological polar surface area (TPSA) is 99.8 Å². The van der Waals surface area contributed by atoms with Crippen LogP contribution in [0.15, 0.2) is 67.0 Å². The van der Waals surface area contributed by atoms with Crippen LogP contribution < -0.4 is 10.6 Å². The third-order valence-corrected chi connectivity index (χ3v) is 4.39. The van der Waals surface area contributed by atoms with Crippen molar-refractivity contribution in [1.82, 2.24) is 20.5 Å². The maximum Gasteiger partial charge on any atom is 0.274 e. The molecular formula is C21H17N5O2. The van der Waals surface area contributed by atoms with Crippen molar-refractivity contribution in [2.24, 2.45) is 0 Å². The number of carbonyl (C=O) groups excluding carboxylic acids is 2. The standard InChI is InChI=1S/C21H17N5O2/c1-22-20(27)14-6-4-5-13(9-14)15-10-18(16-12-24-26-19(16)11-15)25-21(28)17-7-2-3-8-23-17/h2-12H,1H3,(H,22,27)(H,24,26)(H,25,28). The van der Waals surface area contributed by atoms with Gasteiger partial charge >= 0.3 is 0 Å². The van der Waals surface area contributed by atoms with Crippen LogP contribution in [0, 0.1) is 0 Å². The number of amides is 2. The van der Waals surface area contributed by atoms with E-state index in [1.807, 2.05) is 24.3 Å². The Labute approximate surface area is 160 Å². The van der Waals surface area contributed by atoms with Crippen molar-refractivity contribution in [3.8, 4) is 11.1 Å². The van der Waals surface area contributed by atoms with Gasteiger partial charge in [-0.2, -0.15) is 5.10 Å². The molecule has 4 aromatic rings. The minimum atomic E-state index is -0.306. The van der Waals surface area contributed by atoms with Crippen LogP contribution in [0.2, 0.25) is 0 Å². The van der Waals surface area contributed by atoms with Crippen LogP contribution in [0.1, 0.15) is 20.8 Å². The molecule has 7 nitrogen and oxygen atoms in total. The number of aromatic amines is 1. The number of nitrogens with zero attached hydrogens (tertiary/aromatic N) is 2. The monoisotopic (exact) mass is 371 g/mol. The molecule has 2 aromatic heterocycles. The first kappa shape index (κ1) is 17.4. The second kappa shape index (κ2) is 7.32. The van der Waals surface area contributed by atoms with E-state index in [9.17, 15) is 9.59 Å². The summed E-state index contributed by atoms with van der Waals surface area (Å²) >= 11 is 0. The molecule has 0 aliphatic rings. The molecule has 0 fully saturated rings. The number of benzene rings is 2. The highest BCUT2D eigenvalue weighted by molar-refractivity contribution is 6.08. The van der Waals surface area contributed by atoms with E-state index < -0.39 is 0 Å². The Morgan fingerprint density at radius 3 is 2.64 bits per heavy atom. The lowest BCUT2D eigenvalue weighted by Gasteiger charge is -2.10. The molecule has 2 amide bonds. The average Bonchev–Trinajstić information content (AvgIpc) is 3.23. The van der Waals surface area contributed by atoms with Crippen molar-refractivity contribution in [3.63, 3.8) is 0 Å². The predicted molar refractivity (Wildman–Crippen MR) is 107 cm³/mol. The number of hydrogen-bond donors (Lipinski definition) is 3. The van der Waals surface area contributed by atoms with Gasteiger partial charge in [-0.3, -0.25) is 19.7 Å². The Bertz CT molecular complexity index is 1170. The van der Waals surface area contributed by atoms with Crippen molar-refractivity contribution in [2.45, 2.75) is 0 Å². The van der Waals surface area contributed by atoms with Gasteiger partial charge in [-0.05, 0) is 47.5 Å². The Kier molecular flexibility index (Phi) is 4.55. The zero-order valence-corrected chi connectivity index (χ0v) is 15.1. The van der Waals surface area contributed by atoms with Gasteiger partial charge in [-0.1, -0.05) is 18.2 Å². The molecule has 0 atom stereocenters. The van der Waals surface area contributed by atoms with Crippen LogP contribution in [0.3, 0.4) is 0 Å². The maximum absolute atomic E-state index is 12.6. The molecule has 4 rings (SSSR count). The number of rotatable bonds is 4. The summed E-state index contributed by atoms with van der Waals surface area (Å²) in [7, 11) is 1.59. The number of carbonyl (C=O) groups is 2. The van der Waals surface area contributed by atoms with Crippen molar-refractivity contribution in [1.29, 1.82) is 0 Å². The number of hydrogen-bond acceptors (Lipinski definition) is 4. The molecule has 0 saturated heterocycles. The fraction of sp³-hybridized carbons (Fsp3) is 0.0476. The molecule has 3 N–H and O–H groups in total. The summed E-state index contributed by atoms with van der Waals surface area (Å²) in [4.78, 5) is 28.6. The second-order valence-electron chi connectivity index (χ2n) is 6.18. The maximum atomic E-state index is 12.6. The smallest absolute Gasteiger partial charge is 0.274 e. The Balaban J connectivity index is 1.76. The molecule has 0 aliphatic carbocycles. The molecule has 7 heteroatoms. The molecule has 0 unspecified atom stereocenters. The van der Waals surface area contributed by atoms with Crippen LogP contribution in [0.25, 0.3) is 22.0 Å². The van der Waals surface area contributed by atoms with Gasteiger partial charge in [0.2, 0.25) is 0 Å². The Morgan fingerprint density at radius 1 is 0.964 bits per heavy atom. The van der Waals surface area contributed by atoms with E-state index in [-0.39, 0.29) is 11.8 Å². The molecule has 0 saturated carbocycles. The van der Waals surface area contributed by atoms with Gasteiger partial charge in [-0.25, -0.2) is 0 Å². The van der Waals surface area contributed by atoms with Crippen LogP contribution in [-0.4, -0.2) is 34.0 Å². The summed E-state index contributed by atoms with van der Waals surface area (Å²) in [5.41, 5.74) is 3.97. The highest BCUT2D eigenvalue weighted by Crippen LogP contribution is 2.30. The lowest BCUT2D eigenvalue weighted by atomic mass is 10.0. The Hall–Kier alpha value is -4.00. The molecule has 0 radical (unpaired) electrons. The molecule has 2 heterocycles. The van der Waals surface area contributed by atoms with Crippen molar-refractivity contribution in [2.75, 3.05) is 12.4 Å². The first-order valence-electron chi connectivity index (χ1n) is 8.68. The second-order valence-corrected chi connectivity index (χ2v) is 6.18. The molecular weight excluding hydrogens is 354 g/mol. The van der Waals surface area contributed by atoms with E-state index in [1.54, 1.807) is 49.8 Å². The zero-order valence-electron chi connectivity index (χ0n) is 15.1. The van der Waals surface area contributed by atoms with E-state index in [4.69, 9.17) is 0 Å². The molecule has 138 valence electrons. The first-order chi connectivity index (χ1) is 13.7. The summed E-state index contributed by atoms with van der Waals surface area (Å²) in [6.07, 6.45) is 3.23. The highest BCUT2D eigenvalue weighted by atomic mass is 16.2. The van der Waals surface area contributed by atoms with Gasteiger partial charge in [0.1, 0.15) is 5.69 Å². The zero-order chi connectivity index (χ0) is 19.5. The number of H-pyrrole nitrogens is 1. The summed E-state index contributed by atoms with van der Waals surface area (Å²) in [6, 6.07) is 16.3. The first-order valence-corrected chi connectivity index (χ1v) is 8.68. The minimum Gasteiger partial charge on any atom is -0.355 e. The minimum absolute atomic E-state index is 0.159. The molecule has 28 heavy (non-hydrogen) atoms. The van der Waals surface area contributed by atoms with Gasteiger partial charge in [0.05, 0.1) is 17.4 Å². The molecule has 0 spiro atoms. The van der Waals surface area contributed by atoms with Crippen molar-refractivity contribution >= 4 is 28.4 Å². The third-order valence-electron chi connectivity index (χ3n) is 4.39. The number of anilines is 1. The van der Waals surface area contributed by atoms with Gasteiger partial charge in [-0.15, -0.1) is 0 Å². The van der Waals surface area contributed by atoms with Crippen LogP contribution in [0.5, 0.6) is 0 Å². The largest absolute Gasteiger partial charge is 0.355 e. The Morgan fingerprint density at radius 2 is 1.86 bits per heavy atom. The number of fused-ring (bicyclic) bond motifs is 1. The summed E-state index contributed by atoms with van der Waals surface area (Å²) in [5, 5.41) is 13.3. The van der Waals surface area contributed by atoms with E-state index in [2.05, 4.69) is 25.8 Å². The molecule has 0 aliphatic heterocycles. The average molecular weight is 371 g/mol. The summed E-state index contributed by atoms with van der Waals surface area (Å²) in [5.74, 6) is -0.465. The third kappa shape index (κ3) is 3.33. The number of aromatic nitrogens is 3. The molecule has 2 aromatic carbocycles. The van der Waals surface area contributed by atoms with Crippen molar-refractivity contribution < 1.29 is 9.59 Å². The highest BCUT2D eigenvalue weighted by Gasteiger charge is 2.13. The summed E-state index contributed by atoms with van der Waals surface area (Å²) in [6.45, 7) is 0. The van der Waals surface area contributed by atoms with Gasteiger partial charge in [0.25, 0.3) is 11.8 Å². The number of pyridine rings is 1. The quantitative estimate of drug-likeness (QED) is 0.513. The fourth-order valence-electron chi connectivity index (χ4n) is 2.99. The van der Waals surface area contributed by atoms with E-state index >= 15 is 0 Å². The van der Waals surface area contributed by atoms with Gasteiger partial charge in [0, 0.05) is 24.2 Å². The van der Waals surface area contributed by atoms with Crippen molar-refractivity contribution in [3.05, 3.63) is 78.2 Å². The van der Waals surface area contributed by atoms with E-state index in [1.165, 1.54) is 0 Å². The lowest BCUT2D eigenvalue weighted by molar-refractivity contribution is 0.0962.